The van der Waals surface area contributed by atoms with Gasteiger partial charge in [0.2, 0.25) is 0 Å². The van der Waals surface area contributed by atoms with Crippen LogP contribution >= 0.6 is 35.0 Å². The third kappa shape index (κ3) is 6.70. The van der Waals surface area contributed by atoms with Crippen molar-refractivity contribution in [3.8, 4) is 5.75 Å². The molecule has 1 rings (SSSR count). The predicted molar refractivity (Wildman–Crippen MR) is 84.0 cm³/mol. The first-order valence-electron chi connectivity index (χ1n) is 6.04. The Morgan fingerprint density at radius 3 is 2.90 bits per heavy atom. The molecule has 0 aromatic heterocycles. The van der Waals surface area contributed by atoms with E-state index in [9.17, 15) is 9.90 Å². The molecular weight excluding hydrogens is 321 g/mol. The first kappa shape index (κ1) is 17.4. The van der Waals surface area contributed by atoms with Crippen molar-refractivity contribution in [2.45, 2.75) is 12.5 Å². The first-order chi connectivity index (χ1) is 9.52. The summed E-state index contributed by atoms with van der Waals surface area (Å²) in [5.74, 6) is 0.946. The Morgan fingerprint density at radius 1 is 1.50 bits per heavy atom. The first-order valence-corrected chi connectivity index (χ1v) is 8.19. The quantitative estimate of drug-likeness (QED) is 0.765. The molecule has 0 aliphatic carbocycles. The SMILES string of the molecule is CSCCC(O)CNC(=O)COc1ccc(Cl)cc1Cl. The van der Waals surface area contributed by atoms with Gasteiger partial charge in [-0.2, -0.15) is 11.8 Å². The van der Waals surface area contributed by atoms with Gasteiger partial charge in [-0.25, -0.2) is 0 Å². The maximum atomic E-state index is 11.6. The van der Waals surface area contributed by atoms with Crippen molar-refractivity contribution in [2.75, 3.05) is 25.2 Å². The third-order valence-electron chi connectivity index (χ3n) is 2.44. The molecule has 0 spiro atoms. The van der Waals surface area contributed by atoms with Gasteiger partial charge in [0.1, 0.15) is 5.75 Å². The maximum absolute atomic E-state index is 11.6. The molecule has 1 amide bonds. The molecule has 1 unspecified atom stereocenters. The molecule has 1 aromatic carbocycles. The van der Waals surface area contributed by atoms with E-state index in [4.69, 9.17) is 27.9 Å². The smallest absolute Gasteiger partial charge is 0.258 e. The van der Waals surface area contributed by atoms with E-state index in [2.05, 4.69) is 5.32 Å². The average molecular weight is 338 g/mol. The number of aliphatic hydroxyl groups excluding tert-OH is 1. The number of hydrogen-bond donors (Lipinski definition) is 2. The number of benzene rings is 1. The lowest BCUT2D eigenvalue weighted by Crippen LogP contribution is -2.35. The van der Waals surface area contributed by atoms with Crippen molar-refractivity contribution in [1.29, 1.82) is 0 Å². The van der Waals surface area contributed by atoms with E-state index in [1.807, 2.05) is 6.26 Å². The summed E-state index contributed by atoms with van der Waals surface area (Å²) < 4.78 is 5.28. The summed E-state index contributed by atoms with van der Waals surface area (Å²) in [5, 5.41) is 13.0. The van der Waals surface area contributed by atoms with Crippen molar-refractivity contribution < 1.29 is 14.6 Å². The van der Waals surface area contributed by atoms with Crippen LogP contribution in [0.15, 0.2) is 18.2 Å². The second-order valence-corrected chi connectivity index (χ2v) is 5.93. The van der Waals surface area contributed by atoms with E-state index in [-0.39, 0.29) is 19.1 Å². The van der Waals surface area contributed by atoms with Crippen molar-refractivity contribution in [1.82, 2.24) is 5.32 Å². The normalized spacial score (nSPS) is 12.0. The van der Waals surface area contributed by atoms with Gasteiger partial charge in [0.25, 0.3) is 5.91 Å². The molecule has 0 saturated carbocycles. The summed E-state index contributed by atoms with van der Waals surface area (Å²) in [6, 6.07) is 4.78. The van der Waals surface area contributed by atoms with Crippen LogP contribution in [0.2, 0.25) is 10.0 Å². The summed E-state index contributed by atoms with van der Waals surface area (Å²) in [4.78, 5) is 11.6. The molecule has 0 aliphatic rings. The van der Waals surface area contributed by atoms with Crippen molar-refractivity contribution >= 4 is 40.9 Å². The molecule has 0 bridgehead atoms. The van der Waals surface area contributed by atoms with Gasteiger partial charge in [-0.1, -0.05) is 23.2 Å². The van der Waals surface area contributed by atoms with E-state index < -0.39 is 6.10 Å². The van der Waals surface area contributed by atoms with Crippen LogP contribution in [0.5, 0.6) is 5.75 Å². The predicted octanol–water partition coefficient (Wildman–Crippen LogP) is 2.60. The zero-order chi connectivity index (χ0) is 15.0. The second kappa shape index (κ2) is 9.34. The van der Waals surface area contributed by atoms with Gasteiger partial charge >= 0.3 is 0 Å². The molecule has 0 saturated heterocycles. The molecule has 0 fully saturated rings. The highest BCUT2D eigenvalue weighted by Crippen LogP contribution is 2.27. The highest BCUT2D eigenvalue weighted by Gasteiger charge is 2.09. The van der Waals surface area contributed by atoms with Crippen LogP contribution in [0.3, 0.4) is 0 Å². The van der Waals surface area contributed by atoms with E-state index in [1.54, 1.807) is 30.0 Å². The number of carbonyl (C=O) groups is 1. The van der Waals surface area contributed by atoms with Crippen LogP contribution in [-0.2, 0) is 4.79 Å². The van der Waals surface area contributed by atoms with Crippen LogP contribution in [0, 0.1) is 0 Å². The van der Waals surface area contributed by atoms with Gasteiger partial charge in [-0.05, 0) is 36.6 Å². The lowest BCUT2D eigenvalue weighted by Gasteiger charge is -2.12. The molecule has 1 aromatic rings. The number of rotatable bonds is 8. The molecule has 4 nitrogen and oxygen atoms in total. The molecule has 20 heavy (non-hydrogen) atoms. The second-order valence-electron chi connectivity index (χ2n) is 4.10. The lowest BCUT2D eigenvalue weighted by molar-refractivity contribution is -0.123. The molecule has 0 aliphatic heterocycles. The Bertz CT molecular complexity index is 446. The number of carbonyl (C=O) groups excluding carboxylic acids is 1. The summed E-state index contributed by atoms with van der Waals surface area (Å²) in [6.45, 7) is 0.0632. The number of halogens is 2. The van der Waals surface area contributed by atoms with Crippen LogP contribution in [0.1, 0.15) is 6.42 Å². The Balaban J connectivity index is 2.29. The van der Waals surface area contributed by atoms with Crippen molar-refractivity contribution in [3.63, 3.8) is 0 Å². The fourth-order valence-electron chi connectivity index (χ4n) is 1.37. The van der Waals surface area contributed by atoms with Gasteiger partial charge in [0.15, 0.2) is 6.61 Å². The molecular formula is C13H17Cl2NO3S. The minimum atomic E-state index is -0.537. The molecule has 0 heterocycles. The van der Waals surface area contributed by atoms with E-state index in [0.29, 0.717) is 22.2 Å². The average Bonchev–Trinajstić information content (AvgIpc) is 2.41. The largest absolute Gasteiger partial charge is 0.482 e. The topological polar surface area (TPSA) is 58.6 Å². The Morgan fingerprint density at radius 2 is 2.25 bits per heavy atom. The molecule has 1 atom stereocenters. The number of ether oxygens (including phenoxy) is 1. The number of hydrogen-bond acceptors (Lipinski definition) is 4. The van der Waals surface area contributed by atoms with E-state index in [0.717, 1.165) is 5.75 Å². The maximum Gasteiger partial charge on any atom is 0.258 e. The van der Waals surface area contributed by atoms with Crippen molar-refractivity contribution in [3.05, 3.63) is 28.2 Å². The minimum Gasteiger partial charge on any atom is -0.482 e. The number of amides is 1. The molecule has 7 heteroatoms. The number of aliphatic hydroxyl groups is 1. The van der Waals surface area contributed by atoms with Gasteiger partial charge in [-0.3, -0.25) is 4.79 Å². The molecule has 2 N–H and O–H groups in total. The van der Waals surface area contributed by atoms with Gasteiger partial charge in [0.05, 0.1) is 11.1 Å². The van der Waals surface area contributed by atoms with Gasteiger partial charge in [0, 0.05) is 11.6 Å². The van der Waals surface area contributed by atoms with Crippen LogP contribution < -0.4 is 10.1 Å². The standard InChI is InChI=1S/C13H17Cl2NO3S/c1-20-5-4-10(17)7-16-13(18)8-19-12-3-2-9(14)6-11(12)15/h2-3,6,10,17H,4-5,7-8H2,1H3,(H,16,18). The highest BCUT2D eigenvalue weighted by molar-refractivity contribution is 7.98. The van der Waals surface area contributed by atoms with Gasteiger partial charge in [-0.15, -0.1) is 0 Å². The number of nitrogens with one attached hydrogen (secondary N) is 1. The fraction of sp³-hybridized carbons (Fsp3) is 0.462. The highest BCUT2D eigenvalue weighted by atomic mass is 35.5. The Labute approximate surface area is 132 Å². The minimum absolute atomic E-state index is 0.156. The van der Waals surface area contributed by atoms with Crippen LogP contribution in [0.4, 0.5) is 0 Å². The zero-order valence-electron chi connectivity index (χ0n) is 11.1. The van der Waals surface area contributed by atoms with Crippen LogP contribution in [0.25, 0.3) is 0 Å². The summed E-state index contributed by atoms with van der Waals surface area (Å²) in [6.07, 6.45) is 2.07. The third-order valence-corrected chi connectivity index (χ3v) is 3.62. The van der Waals surface area contributed by atoms with Crippen LogP contribution in [-0.4, -0.2) is 42.3 Å². The molecule has 0 radical (unpaired) electrons. The van der Waals surface area contributed by atoms with E-state index in [1.165, 1.54) is 0 Å². The monoisotopic (exact) mass is 337 g/mol. The summed E-state index contributed by atoms with van der Waals surface area (Å²) in [5.41, 5.74) is 0. The van der Waals surface area contributed by atoms with Crippen molar-refractivity contribution in [2.24, 2.45) is 0 Å². The van der Waals surface area contributed by atoms with E-state index >= 15 is 0 Å². The van der Waals surface area contributed by atoms with Gasteiger partial charge < -0.3 is 15.2 Å². The number of thioether (sulfide) groups is 1. The lowest BCUT2D eigenvalue weighted by atomic mass is 10.3. The fourth-order valence-corrected chi connectivity index (χ4v) is 2.35. The molecule has 112 valence electrons. The summed E-state index contributed by atoms with van der Waals surface area (Å²) >= 11 is 13.3. The summed E-state index contributed by atoms with van der Waals surface area (Å²) in [7, 11) is 0. The Hall–Kier alpha value is -0.620. The Kier molecular flexibility index (Phi) is 8.14. The zero-order valence-corrected chi connectivity index (χ0v) is 13.4.